The van der Waals surface area contributed by atoms with E-state index in [9.17, 15) is 18.0 Å². The van der Waals surface area contributed by atoms with Crippen molar-refractivity contribution >= 4 is 40.4 Å². The fraction of sp³-hybridized carbons (Fsp3) is 0.333. The molecule has 0 atom stereocenters. The van der Waals surface area contributed by atoms with E-state index in [0.29, 0.717) is 38.4 Å². The second kappa shape index (κ2) is 13.6. The van der Waals surface area contributed by atoms with Crippen molar-refractivity contribution in [3.05, 3.63) is 91.9 Å². The lowest BCUT2D eigenvalue weighted by Gasteiger charge is -2.26. The molecule has 2 aliphatic rings. The Labute approximate surface area is 273 Å². The molecular weight excluding hydrogens is 642 g/mol. The summed E-state index contributed by atoms with van der Waals surface area (Å²) in [5.74, 6) is 5.78. The van der Waals surface area contributed by atoms with Gasteiger partial charge in [-0.25, -0.2) is 9.69 Å². The molecule has 6 rings (SSSR count). The molecule has 234 valence electrons. The standard InChI is InChI=1S/C33H30Cl2F3N5OS/c34-24-11-14-28(27(35)20-24)43-31(29-15-13-25(45-29)12-8-22-6-9-23(10-7-22)33(36,37)38)26(21-41-16-4-5-17-41)30(39-43)32(44)40-42-18-2-1-3-19-42/h6-7,9-11,13-15,20H,1-5,16-19,21H2,(H,40,44). The largest absolute Gasteiger partial charge is 0.416 e. The first kappa shape index (κ1) is 31.6. The Balaban J connectivity index is 1.42. The first-order valence-electron chi connectivity index (χ1n) is 14.8. The van der Waals surface area contributed by atoms with Crippen molar-refractivity contribution in [3.63, 3.8) is 0 Å². The minimum absolute atomic E-state index is 0.268. The smallest absolute Gasteiger partial charge is 0.299 e. The highest BCUT2D eigenvalue weighted by Gasteiger charge is 2.31. The van der Waals surface area contributed by atoms with E-state index < -0.39 is 11.7 Å². The summed E-state index contributed by atoms with van der Waals surface area (Å²) in [6.07, 6.45) is 0.956. The molecule has 45 heavy (non-hydrogen) atoms. The Bertz CT molecular complexity index is 1740. The molecular formula is C33H30Cl2F3N5OS. The number of halogens is 5. The topological polar surface area (TPSA) is 53.4 Å². The van der Waals surface area contributed by atoms with Crippen LogP contribution in [0.3, 0.4) is 0 Å². The minimum Gasteiger partial charge on any atom is -0.299 e. The molecule has 0 radical (unpaired) electrons. The number of nitrogens with one attached hydrogen (secondary N) is 1. The third kappa shape index (κ3) is 7.40. The van der Waals surface area contributed by atoms with Crippen LogP contribution in [-0.4, -0.2) is 51.8 Å². The molecule has 0 saturated carbocycles. The quantitative estimate of drug-likeness (QED) is 0.211. The van der Waals surface area contributed by atoms with Crippen LogP contribution in [0.4, 0.5) is 13.2 Å². The minimum atomic E-state index is -4.40. The van der Waals surface area contributed by atoms with Crippen molar-refractivity contribution in [2.75, 3.05) is 26.2 Å². The maximum atomic E-state index is 13.8. The summed E-state index contributed by atoms with van der Waals surface area (Å²) in [7, 11) is 0. The van der Waals surface area contributed by atoms with Crippen LogP contribution in [0.1, 0.15) is 64.2 Å². The molecule has 12 heteroatoms. The first-order chi connectivity index (χ1) is 21.7. The van der Waals surface area contributed by atoms with Gasteiger partial charge in [-0.3, -0.25) is 15.1 Å². The summed E-state index contributed by atoms with van der Waals surface area (Å²) >= 11 is 14.3. The maximum Gasteiger partial charge on any atom is 0.416 e. The Kier molecular flexibility index (Phi) is 9.54. The van der Waals surface area contributed by atoms with Crippen LogP contribution in [0, 0.1) is 11.8 Å². The molecule has 2 aromatic heterocycles. The van der Waals surface area contributed by atoms with Gasteiger partial charge in [0.15, 0.2) is 5.69 Å². The number of nitrogens with zero attached hydrogens (tertiary/aromatic N) is 4. The van der Waals surface area contributed by atoms with Gasteiger partial charge in [-0.2, -0.15) is 18.3 Å². The number of carbonyl (C=O) groups excluding carboxylic acids is 1. The lowest BCUT2D eigenvalue weighted by atomic mass is 10.1. The van der Waals surface area contributed by atoms with Crippen LogP contribution >= 0.6 is 34.5 Å². The van der Waals surface area contributed by atoms with Crippen molar-refractivity contribution in [1.29, 1.82) is 0 Å². The Morgan fingerprint density at radius 3 is 2.31 bits per heavy atom. The molecule has 2 fully saturated rings. The van der Waals surface area contributed by atoms with E-state index >= 15 is 0 Å². The van der Waals surface area contributed by atoms with Crippen LogP contribution in [0.5, 0.6) is 0 Å². The van der Waals surface area contributed by atoms with E-state index in [1.54, 1.807) is 22.9 Å². The van der Waals surface area contributed by atoms with Crippen molar-refractivity contribution in [3.8, 4) is 28.1 Å². The molecule has 0 aliphatic carbocycles. The van der Waals surface area contributed by atoms with E-state index in [1.807, 2.05) is 17.1 Å². The van der Waals surface area contributed by atoms with Gasteiger partial charge in [0.2, 0.25) is 0 Å². The molecule has 1 amide bonds. The van der Waals surface area contributed by atoms with E-state index in [4.69, 9.17) is 28.3 Å². The predicted molar refractivity (Wildman–Crippen MR) is 172 cm³/mol. The Morgan fingerprint density at radius 1 is 0.911 bits per heavy atom. The second-order valence-corrected chi connectivity index (χ2v) is 13.1. The average molecular weight is 673 g/mol. The zero-order valence-electron chi connectivity index (χ0n) is 24.3. The van der Waals surface area contributed by atoms with Gasteiger partial charge in [0.05, 0.1) is 31.7 Å². The average Bonchev–Trinajstić information content (AvgIpc) is 3.77. The van der Waals surface area contributed by atoms with E-state index in [1.165, 1.54) is 23.5 Å². The number of rotatable bonds is 6. The van der Waals surface area contributed by atoms with Crippen molar-refractivity contribution in [2.24, 2.45) is 0 Å². The maximum absolute atomic E-state index is 13.8. The molecule has 4 aromatic rings. The summed E-state index contributed by atoms with van der Waals surface area (Å²) < 4.78 is 40.6. The number of hydrogen-bond donors (Lipinski definition) is 1. The number of alkyl halides is 3. The van der Waals surface area contributed by atoms with E-state index in [0.717, 1.165) is 86.6 Å². The Morgan fingerprint density at radius 2 is 1.62 bits per heavy atom. The van der Waals surface area contributed by atoms with Gasteiger partial charge < -0.3 is 0 Å². The first-order valence-corrected chi connectivity index (χ1v) is 16.4. The molecule has 4 heterocycles. The van der Waals surface area contributed by atoms with Gasteiger partial charge >= 0.3 is 6.18 Å². The summed E-state index contributed by atoms with van der Waals surface area (Å²) in [5, 5.41) is 7.72. The zero-order valence-corrected chi connectivity index (χ0v) is 26.6. The number of thiophene rings is 1. The fourth-order valence-corrected chi connectivity index (χ4v) is 7.04. The molecule has 0 spiro atoms. The van der Waals surface area contributed by atoms with E-state index in [2.05, 4.69) is 22.2 Å². The zero-order chi connectivity index (χ0) is 31.6. The van der Waals surface area contributed by atoms with Gasteiger partial charge in [0.1, 0.15) is 0 Å². The highest BCUT2D eigenvalue weighted by atomic mass is 35.5. The number of amides is 1. The molecule has 2 saturated heterocycles. The number of benzene rings is 2. The van der Waals surface area contributed by atoms with Crippen LogP contribution in [0.15, 0.2) is 54.6 Å². The van der Waals surface area contributed by atoms with E-state index in [-0.39, 0.29) is 5.91 Å². The number of hydrogen-bond acceptors (Lipinski definition) is 5. The number of likely N-dealkylation sites (tertiary alicyclic amines) is 1. The molecule has 0 bridgehead atoms. The molecule has 2 aliphatic heterocycles. The van der Waals surface area contributed by atoms with Gasteiger partial charge in [0.25, 0.3) is 5.91 Å². The van der Waals surface area contributed by atoms with Crippen molar-refractivity contribution < 1.29 is 18.0 Å². The van der Waals surface area contributed by atoms with Gasteiger partial charge in [0, 0.05) is 35.8 Å². The number of aromatic nitrogens is 2. The monoisotopic (exact) mass is 671 g/mol. The Hall–Kier alpha value is -3.33. The molecule has 0 unspecified atom stereocenters. The molecule has 1 N–H and O–H groups in total. The van der Waals surface area contributed by atoms with Gasteiger partial charge in [-0.1, -0.05) is 41.5 Å². The third-order valence-electron chi connectivity index (χ3n) is 7.91. The summed E-state index contributed by atoms with van der Waals surface area (Å²) in [6, 6.07) is 13.7. The normalized spacial score (nSPS) is 16.0. The number of carbonyl (C=O) groups is 1. The van der Waals surface area contributed by atoms with Crippen LogP contribution in [-0.2, 0) is 12.7 Å². The van der Waals surface area contributed by atoms with Crippen LogP contribution in [0.2, 0.25) is 10.0 Å². The molecule has 2 aromatic carbocycles. The molecule has 6 nitrogen and oxygen atoms in total. The second-order valence-electron chi connectivity index (χ2n) is 11.1. The van der Waals surface area contributed by atoms with Crippen LogP contribution < -0.4 is 5.43 Å². The SMILES string of the molecule is O=C(NN1CCCCC1)c1nn(-c2ccc(Cl)cc2Cl)c(-c2ccc(C#Cc3ccc(C(F)(F)F)cc3)s2)c1CN1CCCC1. The lowest BCUT2D eigenvalue weighted by Crippen LogP contribution is -2.45. The third-order valence-corrected chi connectivity index (χ3v) is 9.46. The fourth-order valence-electron chi connectivity index (χ4n) is 5.64. The van der Waals surface area contributed by atoms with Crippen molar-refractivity contribution in [2.45, 2.75) is 44.8 Å². The summed E-state index contributed by atoms with van der Waals surface area (Å²) in [6.45, 7) is 3.96. The predicted octanol–water partition coefficient (Wildman–Crippen LogP) is 8.05. The van der Waals surface area contributed by atoms with Gasteiger partial charge in [-0.05, 0) is 93.4 Å². The number of hydrazine groups is 1. The van der Waals surface area contributed by atoms with Crippen LogP contribution in [0.25, 0.3) is 16.3 Å². The lowest BCUT2D eigenvalue weighted by molar-refractivity contribution is -0.137. The summed E-state index contributed by atoms with van der Waals surface area (Å²) in [5.41, 5.74) is 5.29. The highest BCUT2D eigenvalue weighted by molar-refractivity contribution is 7.16. The highest BCUT2D eigenvalue weighted by Crippen LogP contribution is 2.37. The number of piperidine rings is 1. The summed E-state index contributed by atoms with van der Waals surface area (Å²) in [4.78, 5) is 17.7. The van der Waals surface area contributed by atoms with Crippen molar-refractivity contribution in [1.82, 2.24) is 25.1 Å². The van der Waals surface area contributed by atoms with Gasteiger partial charge in [-0.15, -0.1) is 11.3 Å².